The van der Waals surface area contributed by atoms with Gasteiger partial charge in [-0.3, -0.25) is 4.90 Å². The number of hydrogen-bond donors (Lipinski definition) is 0. The molecule has 2 aromatic carbocycles. The van der Waals surface area contributed by atoms with Gasteiger partial charge in [-0.2, -0.15) is 10.5 Å². The Labute approximate surface area is 141 Å². The summed E-state index contributed by atoms with van der Waals surface area (Å²) in [6.45, 7) is 4.04. The van der Waals surface area contributed by atoms with Crippen molar-refractivity contribution in [2.24, 2.45) is 0 Å². The van der Waals surface area contributed by atoms with Crippen LogP contribution in [0.25, 0.3) is 0 Å². The fourth-order valence-corrected chi connectivity index (χ4v) is 2.98. The lowest BCUT2D eigenvalue weighted by molar-refractivity contribution is 0.250. The van der Waals surface area contributed by atoms with Crippen LogP contribution in [0, 0.1) is 28.5 Å². The molecule has 1 heterocycles. The predicted molar refractivity (Wildman–Crippen MR) is 89.8 cm³/mol. The lowest BCUT2D eigenvalue weighted by Gasteiger charge is -2.36. The van der Waals surface area contributed by atoms with Crippen LogP contribution in [0.5, 0.6) is 0 Å². The molecule has 0 N–H and O–H groups in total. The van der Waals surface area contributed by atoms with Gasteiger partial charge >= 0.3 is 0 Å². The molecule has 0 amide bonds. The number of nitrogens with zero attached hydrogens (tertiary/aromatic N) is 4. The van der Waals surface area contributed by atoms with Crippen LogP contribution >= 0.6 is 0 Å². The summed E-state index contributed by atoms with van der Waals surface area (Å²) in [5.41, 5.74) is 2.64. The van der Waals surface area contributed by atoms with E-state index >= 15 is 0 Å². The third-order valence-corrected chi connectivity index (χ3v) is 4.31. The summed E-state index contributed by atoms with van der Waals surface area (Å²) in [6.07, 6.45) is 0. The van der Waals surface area contributed by atoms with Crippen LogP contribution in [0.4, 0.5) is 10.1 Å². The highest BCUT2D eigenvalue weighted by atomic mass is 19.1. The zero-order valence-electron chi connectivity index (χ0n) is 13.2. The molecule has 120 valence electrons. The monoisotopic (exact) mass is 320 g/mol. The van der Waals surface area contributed by atoms with Crippen molar-refractivity contribution in [2.75, 3.05) is 31.1 Å². The van der Waals surface area contributed by atoms with Gasteiger partial charge < -0.3 is 4.90 Å². The zero-order valence-corrected chi connectivity index (χ0v) is 13.2. The molecule has 1 aliphatic heterocycles. The molecule has 0 saturated carbocycles. The van der Waals surface area contributed by atoms with Crippen LogP contribution in [0.1, 0.15) is 16.7 Å². The van der Waals surface area contributed by atoms with Gasteiger partial charge in [-0.05, 0) is 29.8 Å². The molecular formula is C19H17FN4. The number of rotatable bonds is 3. The Morgan fingerprint density at radius 3 is 2.25 bits per heavy atom. The molecule has 2 aromatic rings. The standard InChI is InChI=1S/C19H17FN4/c20-18-2-1-3-19(17(18)13-22)24-10-8-23(9-11-24)14-16-6-4-15(12-21)5-7-16/h1-7H,8-11,14H2. The van der Waals surface area contributed by atoms with Gasteiger partial charge in [0, 0.05) is 32.7 Å². The normalized spacial score (nSPS) is 14.9. The Morgan fingerprint density at radius 1 is 0.917 bits per heavy atom. The van der Waals surface area contributed by atoms with E-state index in [-0.39, 0.29) is 5.56 Å². The summed E-state index contributed by atoms with van der Waals surface area (Å²) >= 11 is 0. The third-order valence-electron chi connectivity index (χ3n) is 4.31. The molecule has 0 aromatic heterocycles. The maximum absolute atomic E-state index is 13.7. The summed E-state index contributed by atoms with van der Waals surface area (Å²) in [4.78, 5) is 4.39. The van der Waals surface area contributed by atoms with Crippen molar-refractivity contribution < 1.29 is 4.39 Å². The van der Waals surface area contributed by atoms with Gasteiger partial charge in [-0.25, -0.2) is 4.39 Å². The number of nitriles is 2. The van der Waals surface area contributed by atoms with Gasteiger partial charge in [-0.15, -0.1) is 0 Å². The Morgan fingerprint density at radius 2 is 1.62 bits per heavy atom. The molecule has 0 bridgehead atoms. The Balaban J connectivity index is 1.63. The van der Waals surface area contributed by atoms with Crippen molar-refractivity contribution in [1.82, 2.24) is 4.90 Å². The van der Waals surface area contributed by atoms with Gasteiger partial charge in [-0.1, -0.05) is 18.2 Å². The molecule has 0 spiro atoms. The maximum atomic E-state index is 13.7. The van der Waals surface area contributed by atoms with Crippen LogP contribution in [0.15, 0.2) is 42.5 Å². The minimum Gasteiger partial charge on any atom is -0.368 e. The fourth-order valence-electron chi connectivity index (χ4n) is 2.98. The van der Waals surface area contributed by atoms with E-state index < -0.39 is 5.82 Å². The van der Waals surface area contributed by atoms with Crippen LogP contribution in [-0.2, 0) is 6.54 Å². The molecule has 1 fully saturated rings. The fraction of sp³-hybridized carbons (Fsp3) is 0.263. The summed E-state index contributed by atoms with van der Waals surface area (Å²) in [7, 11) is 0. The van der Waals surface area contributed by atoms with Crippen molar-refractivity contribution in [1.29, 1.82) is 10.5 Å². The van der Waals surface area contributed by atoms with Crippen molar-refractivity contribution in [3.63, 3.8) is 0 Å². The molecule has 0 atom stereocenters. The molecule has 4 nitrogen and oxygen atoms in total. The molecule has 5 heteroatoms. The van der Waals surface area contributed by atoms with Crippen molar-refractivity contribution in [3.8, 4) is 12.1 Å². The van der Waals surface area contributed by atoms with E-state index in [2.05, 4.69) is 15.9 Å². The molecule has 24 heavy (non-hydrogen) atoms. The molecule has 0 radical (unpaired) electrons. The van der Waals surface area contributed by atoms with E-state index in [1.54, 1.807) is 12.1 Å². The van der Waals surface area contributed by atoms with E-state index in [0.717, 1.165) is 32.7 Å². The average molecular weight is 320 g/mol. The van der Waals surface area contributed by atoms with Crippen LogP contribution < -0.4 is 4.90 Å². The van der Waals surface area contributed by atoms with Crippen molar-refractivity contribution in [3.05, 3.63) is 65.0 Å². The zero-order chi connectivity index (χ0) is 16.9. The first-order chi connectivity index (χ1) is 11.7. The molecule has 1 saturated heterocycles. The summed E-state index contributed by atoms with van der Waals surface area (Å²) in [6, 6.07) is 16.5. The number of halogens is 1. The highest BCUT2D eigenvalue weighted by Crippen LogP contribution is 2.24. The lowest BCUT2D eigenvalue weighted by atomic mass is 10.1. The first-order valence-corrected chi connectivity index (χ1v) is 7.86. The Kier molecular flexibility index (Phi) is 4.74. The van der Waals surface area contributed by atoms with E-state index in [4.69, 9.17) is 10.5 Å². The lowest BCUT2D eigenvalue weighted by Crippen LogP contribution is -2.46. The Bertz CT molecular complexity index is 794. The topological polar surface area (TPSA) is 54.1 Å². The third kappa shape index (κ3) is 3.37. The average Bonchev–Trinajstić information content (AvgIpc) is 2.63. The summed E-state index contributed by atoms with van der Waals surface area (Å²) < 4.78 is 13.7. The first kappa shape index (κ1) is 16.0. The molecular weight excluding hydrogens is 303 g/mol. The van der Waals surface area contributed by atoms with Crippen LogP contribution in [-0.4, -0.2) is 31.1 Å². The van der Waals surface area contributed by atoms with E-state index in [1.165, 1.54) is 11.6 Å². The maximum Gasteiger partial charge on any atom is 0.143 e. The highest BCUT2D eigenvalue weighted by molar-refractivity contribution is 5.60. The van der Waals surface area contributed by atoms with Crippen molar-refractivity contribution >= 4 is 5.69 Å². The largest absolute Gasteiger partial charge is 0.368 e. The first-order valence-electron chi connectivity index (χ1n) is 7.86. The molecule has 0 unspecified atom stereocenters. The minimum atomic E-state index is -0.463. The Hall–Kier alpha value is -2.89. The second-order valence-electron chi connectivity index (χ2n) is 5.82. The SMILES string of the molecule is N#Cc1ccc(CN2CCN(c3cccc(F)c3C#N)CC2)cc1. The molecule has 3 rings (SSSR count). The molecule has 1 aliphatic rings. The van der Waals surface area contributed by atoms with Crippen molar-refractivity contribution in [2.45, 2.75) is 6.54 Å². The van der Waals surface area contributed by atoms with Gasteiger partial charge in [0.25, 0.3) is 0 Å². The second kappa shape index (κ2) is 7.12. The van der Waals surface area contributed by atoms with E-state index in [0.29, 0.717) is 11.3 Å². The summed E-state index contributed by atoms with van der Waals surface area (Å²) in [5.74, 6) is -0.463. The van der Waals surface area contributed by atoms with Crippen LogP contribution in [0.2, 0.25) is 0 Å². The quantitative estimate of drug-likeness (QED) is 0.872. The van der Waals surface area contributed by atoms with Gasteiger partial charge in [0.05, 0.1) is 17.3 Å². The van der Waals surface area contributed by atoms with Gasteiger partial charge in [0.2, 0.25) is 0 Å². The molecule has 0 aliphatic carbocycles. The minimum absolute atomic E-state index is 0.123. The highest BCUT2D eigenvalue weighted by Gasteiger charge is 2.20. The van der Waals surface area contributed by atoms with Gasteiger partial charge in [0.1, 0.15) is 17.4 Å². The number of piperazine rings is 1. The number of benzene rings is 2. The second-order valence-corrected chi connectivity index (χ2v) is 5.82. The number of hydrogen-bond acceptors (Lipinski definition) is 4. The van der Waals surface area contributed by atoms with Gasteiger partial charge in [0.15, 0.2) is 0 Å². The smallest absolute Gasteiger partial charge is 0.143 e. The number of anilines is 1. The summed E-state index contributed by atoms with van der Waals surface area (Å²) in [5, 5.41) is 18.0. The van der Waals surface area contributed by atoms with E-state index in [1.807, 2.05) is 30.3 Å². The van der Waals surface area contributed by atoms with E-state index in [9.17, 15) is 4.39 Å². The van der Waals surface area contributed by atoms with Crippen LogP contribution in [0.3, 0.4) is 0 Å². The predicted octanol–water partition coefficient (Wildman–Crippen LogP) is 2.89.